The first-order valence-corrected chi connectivity index (χ1v) is 11.1. The maximum Gasteiger partial charge on any atom is 0.303 e. The van der Waals surface area contributed by atoms with Crippen molar-refractivity contribution in [1.29, 1.82) is 0 Å². The van der Waals surface area contributed by atoms with Crippen LogP contribution in [-0.2, 0) is 20.2 Å². The van der Waals surface area contributed by atoms with Crippen LogP contribution in [0.5, 0.6) is 0 Å². The Bertz CT molecular complexity index is 520. The van der Waals surface area contributed by atoms with E-state index in [1.807, 2.05) is 0 Å². The predicted molar refractivity (Wildman–Crippen MR) is 105 cm³/mol. The summed E-state index contributed by atoms with van der Waals surface area (Å²) in [7, 11) is 0. The van der Waals surface area contributed by atoms with E-state index in [4.69, 9.17) is 9.29 Å². The van der Waals surface area contributed by atoms with Gasteiger partial charge in [0, 0.05) is 12.5 Å². The van der Waals surface area contributed by atoms with Gasteiger partial charge in [0.25, 0.3) is 0 Å². The Kier molecular flexibility index (Phi) is 8.30. The number of rotatable bonds is 12. The van der Waals surface area contributed by atoms with Gasteiger partial charge in [-0.15, -0.1) is 0 Å². The van der Waals surface area contributed by atoms with Gasteiger partial charge in [0.15, 0.2) is 0 Å². The van der Waals surface area contributed by atoms with Crippen LogP contribution in [0.1, 0.15) is 72.1 Å². The van der Waals surface area contributed by atoms with Gasteiger partial charge < -0.3 is 5.11 Å². The highest BCUT2D eigenvalue weighted by Crippen LogP contribution is 2.62. The Morgan fingerprint density at radius 1 is 1.31 bits per heavy atom. The molecule has 5 nitrogen and oxygen atoms in total. The van der Waals surface area contributed by atoms with E-state index in [1.165, 1.54) is 6.42 Å². The molecule has 5 atom stereocenters. The molecular formula is C20H35NO4S. The average molecular weight is 386 g/mol. The summed E-state index contributed by atoms with van der Waals surface area (Å²) in [5.41, 5.74) is 0.366. The molecule has 0 saturated heterocycles. The third-order valence-corrected chi connectivity index (χ3v) is 7.27. The van der Waals surface area contributed by atoms with Gasteiger partial charge in [-0.1, -0.05) is 39.3 Å². The third kappa shape index (κ3) is 5.64. The zero-order valence-electron chi connectivity index (χ0n) is 16.4. The topological polar surface area (TPSA) is 75.6 Å². The lowest BCUT2D eigenvalue weighted by atomic mass is 9.44. The van der Waals surface area contributed by atoms with Gasteiger partial charge in [0.2, 0.25) is 11.3 Å². The molecule has 26 heavy (non-hydrogen) atoms. The summed E-state index contributed by atoms with van der Waals surface area (Å²) in [6.07, 6.45) is 11.3. The molecule has 3 rings (SSSR count). The SMILES string of the molecule is CCCCOS(=O)NC1C[C@H]2C[C@@H](C1CC=CCCCC(=O)O)C2(C)C. The summed E-state index contributed by atoms with van der Waals surface area (Å²) in [6, 6.07) is 0.234. The number of fused-ring (bicyclic) bond motifs is 2. The van der Waals surface area contributed by atoms with E-state index in [0.717, 1.165) is 32.1 Å². The van der Waals surface area contributed by atoms with Crippen molar-refractivity contribution >= 4 is 17.2 Å². The molecule has 3 unspecified atom stereocenters. The summed E-state index contributed by atoms with van der Waals surface area (Å²) in [5.74, 6) is 1.08. The van der Waals surface area contributed by atoms with E-state index in [9.17, 15) is 9.00 Å². The second kappa shape index (κ2) is 10.00. The molecule has 3 saturated carbocycles. The highest BCUT2D eigenvalue weighted by atomic mass is 32.2. The molecule has 0 aromatic heterocycles. The molecule has 0 amide bonds. The first kappa shape index (κ1) is 21.6. The Hall–Kier alpha value is -0.720. The van der Waals surface area contributed by atoms with E-state index in [2.05, 4.69) is 37.6 Å². The summed E-state index contributed by atoms with van der Waals surface area (Å²) in [6.45, 7) is 7.35. The van der Waals surface area contributed by atoms with Crippen molar-refractivity contribution in [2.45, 2.75) is 78.2 Å². The van der Waals surface area contributed by atoms with Crippen LogP contribution in [0.4, 0.5) is 0 Å². The van der Waals surface area contributed by atoms with E-state index in [-0.39, 0.29) is 12.5 Å². The summed E-state index contributed by atoms with van der Waals surface area (Å²) in [5, 5.41) is 8.69. The van der Waals surface area contributed by atoms with E-state index in [1.54, 1.807) is 0 Å². The lowest BCUT2D eigenvalue weighted by molar-refractivity contribution is -0.137. The maximum atomic E-state index is 12.2. The molecular weight excluding hydrogens is 350 g/mol. The quantitative estimate of drug-likeness (QED) is 0.389. The standard InChI is InChI=1S/C20H35NO4S/c1-4-5-12-25-26(24)21-18-14-15-13-17(20(15,2)3)16(18)10-8-6-7-9-11-19(22)23/h6,8,15-18,21H,4-5,7,9-14H2,1-3H3,(H,22,23)/t15-,16?,17+,18?,26?/m1/s1. The van der Waals surface area contributed by atoms with E-state index >= 15 is 0 Å². The summed E-state index contributed by atoms with van der Waals surface area (Å²) >= 11 is -1.41. The zero-order valence-corrected chi connectivity index (χ0v) is 17.2. The lowest BCUT2D eigenvalue weighted by Crippen LogP contribution is -2.60. The largest absolute Gasteiger partial charge is 0.481 e. The smallest absolute Gasteiger partial charge is 0.303 e. The third-order valence-electron chi connectivity index (χ3n) is 6.39. The Morgan fingerprint density at radius 2 is 2.08 bits per heavy atom. The van der Waals surface area contributed by atoms with Crippen molar-refractivity contribution in [2.24, 2.45) is 23.2 Å². The molecule has 0 radical (unpaired) electrons. The Balaban J connectivity index is 1.86. The molecule has 2 N–H and O–H groups in total. The van der Waals surface area contributed by atoms with Gasteiger partial charge in [0.05, 0.1) is 6.61 Å². The van der Waals surface area contributed by atoms with Crippen LogP contribution in [0.25, 0.3) is 0 Å². The van der Waals surface area contributed by atoms with Gasteiger partial charge in [-0.05, 0) is 61.7 Å². The van der Waals surface area contributed by atoms with E-state index in [0.29, 0.717) is 36.2 Å². The van der Waals surface area contributed by atoms with Crippen molar-refractivity contribution in [3.05, 3.63) is 12.2 Å². The molecule has 0 aromatic carbocycles. The minimum atomic E-state index is -1.41. The highest BCUT2D eigenvalue weighted by molar-refractivity contribution is 7.78. The van der Waals surface area contributed by atoms with Crippen LogP contribution < -0.4 is 4.72 Å². The fraction of sp³-hybridized carbons (Fsp3) is 0.850. The van der Waals surface area contributed by atoms with Crippen molar-refractivity contribution in [1.82, 2.24) is 4.72 Å². The second-order valence-corrected chi connectivity index (χ2v) is 9.33. The number of hydrogen-bond acceptors (Lipinski definition) is 3. The minimum absolute atomic E-state index is 0.226. The molecule has 3 aliphatic rings. The molecule has 150 valence electrons. The molecule has 3 aliphatic carbocycles. The minimum Gasteiger partial charge on any atom is -0.481 e. The fourth-order valence-electron chi connectivity index (χ4n) is 4.59. The first-order valence-electron chi connectivity index (χ1n) is 10.0. The van der Waals surface area contributed by atoms with Gasteiger partial charge in [-0.2, -0.15) is 0 Å². The number of carboxylic acids is 1. The summed E-state index contributed by atoms with van der Waals surface area (Å²) < 4.78 is 20.8. The van der Waals surface area contributed by atoms with Crippen LogP contribution in [-0.4, -0.2) is 27.9 Å². The number of hydrogen-bond donors (Lipinski definition) is 2. The number of carboxylic acid groups (broad SMARTS) is 1. The van der Waals surface area contributed by atoms with Crippen molar-refractivity contribution in [2.75, 3.05) is 6.61 Å². The second-order valence-electron chi connectivity index (χ2n) is 8.39. The average Bonchev–Trinajstić information content (AvgIpc) is 2.58. The Morgan fingerprint density at radius 3 is 2.73 bits per heavy atom. The van der Waals surface area contributed by atoms with Gasteiger partial charge in [-0.25, -0.2) is 8.93 Å². The van der Waals surface area contributed by atoms with Crippen LogP contribution in [0.15, 0.2) is 12.2 Å². The van der Waals surface area contributed by atoms with Crippen LogP contribution >= 0.6 is 0 Å². The van der Waals surface area contributed by atoms with Crippen LogP contribution in [0.2, 0.25) is 0 Å². The number of allylic oxidation sites excluding steroid dienone is 2. The molecule has 0 spiro atoms. The highest BCUT2D eigenvalue weighted by Gasteiger charge is 2.57. The normalized spacial score (nSPS) is 30.9. The molecule has 6 heteroatoms. The van der Waals surface area contributed by atoms with Gasteiger partial charge in [0.1, 0.15) is 0 Å². The van der Waals surface area contributed by atoms with Crippen LogP contribution in [0.3, 0.4) is 0 Å². The molecule has 0 aliphatic heterocycles. The molecule has 0 aromatic rings. The summed E-state index contributed by atoms with van der Waals surface area (Å²) in [4.78, 5) is 10.6. The fourth-order valence-corrected chi connectivity index (χ4v) is 5.44. The number of nitrogens with one attached hydrogen (secondary N) is 1. The molecule has 3 fully saturated rings. The molecule has 2 bridgehead atoms. The predicted octanol–water partition coefficient (Wildman–Crippen LogP) is 4.22. The van der Waals surface area contributed by atoms with Crippen molar-refractivity contribution < 1.29 is 18.3 Å². The Labute approximate surface area is 160 Å². The van der Waals surface area contributed by atoms with Gasteiger partial charge in [-0.3, -0.25) is 8.98 Å². The van der Waals surface area contributed by atoms with Crippen LogP contribution in [0, 0.1) is 23.2 Å². The maximum absolute atomic E-state index is 12.2. The monoisotopic (exact) mass is 385 g/mol. The van der Waals surface area contributed by atoms with E-state index < -0.39 is 17.2 Å². The zero-order chi connectivity index (χ0) is 19.2. The van der Waals surface area contributed by atoms with Gasteiger partial charge >= 0.3 is 5.97 Å². The molecule has 0 heterocycles. The number of aliphatic carboxylic acids is 1. The number of unbranched alkanes of at least 4 members (excludes halogenated alkanes) is 2. The van der Waals surface area contributed by atoms with Crippen molar-refractivity contribution in [3.63, 3.8) is 0 Å². The van der Waals surface area contributed by atoms with Crippen molar-refractivity contribution in [3.8, 4) is 0 Å². The number of carbonyl (C=O) groups is 1. The first-order chi connectivity index (χ1) is 12.4. The lowest BCUT2D eigenvalue weighted by Gasteiger charge is -2.62.